The van der Waals surface area contributed by atoms with Crippen LogP contribution in [0.4, 0.5) is 0 Å². The molecular formula is C28H22N4S. The van der Waals surface area contributed by atoms with Gasteiger partial charge < -0.3 is 9.97 Å². The van der Waals surface area contributed by atoms with E-state index >= 15 is 0 Å². The summed E-state index contributed by atoms with van der Waals surface area (Å²) in [6.07, 6.45) is 0. The number of imidazole rings is 2. The van der Waals surface area contributed by atoms with Crippen molar-refractivity contribution in [3.8, 4) is 11.1 Å². The number of nitrogens with zero attached hydrogens (tertiary/aromatic N) is 2. The summed E-state index contributed by atoms with van der Waals surface area (Å²) in [5, 5.41) is 4.98. The highest BCUT2D eigenvalue weighted by molar-refractivity contribution is 7.26. The van der Waals surface area contributed by atoms with Crippen molar-refractivity contribution in [3.05, 3.63) is 72.3 Å². The zero-order valence-electron chi connectivity index (χ0n) is 18.7. The number of benzene rings is 4. The van der Waals surface area contributed by atoms with E-state index in [0.717, 1.165) is 33.7 Å². The molecule has 5 heteroatoms. The summed E-state index contributed by atoms with van der Waals surface area (Å²) >= 11 is 1.83. The fourth-order valence-corrected chi connectivity index (χ4v) is 6.12. The summed E-state index contributed by atoms with van der Waals surface area (Å²) in [7, 11) is 0. The monoisotopic (exact) mass is 446 g/mol. The Morgan fingerprint density at radius 2 is 1.45 bits per heavy atom. The third-order valence-electron chi connectivity index (χ3n) is 6.58. The molecule has 7 rings (SSSR count). The molecule has 0 fully saturated rings. The van der Waals surface area contributed by atoms with Crippen molar-refractivity contribution in [1.29, 1.82) is 0 Å². The summed E-state index contributed by atoms with van der Waals surface area (Å²) in [4.78, 5) is 16.4. The maximum atomic E-state index is 4.87. The molecule has 3 aromatic heterocycles. The van der Waals surface area contributed by atoms with Crippen LogP contribution in [0.15, 0.2) is 60.7 Å². The summed E-state index contributed by atoms with van der Waals surface area (Å²) < 4.78 is 2.55. The van der Waals surface area contributed by atoms with Gasteiger partial charge >= 0.3 is 0 Å². The van der Waals surface area contributed by atoms with Crippen molar-refractivity contribution < 1.29 is 0 Å². The van der Waals surface area contributed by atoms with Gasteiger partial charge in [-0.25, -0.2) is 9.97 Å². The lowest BCUT2D eigenvalue weighted by atomic mass is 9.99. The van der Waals surface area contributed by atoms with Gasteiger partial charge in [0.2, 0.25) is 0 Å². The van der Waals surface area contributed by atoms with E-state index in [1.54, 1.807) is 0 Å². The first-order valence-electron chi connectivity index (χ1n) is 11.3. The molecule has 0 aliphatic heterocycles. The van der Waals surface area contributed by atoms with Crippen LogP contribution in [-0.2, 0) is 0 Å². The smallest absolute Gasteiger partial charge is 0.109 e. The van der Waals surface area contributed by atoms with Crippen molar-refractivity contribution in [2.24, 2.45) is 0 Å². The molecule has 0 saturated carbocycles. The van der Waals surface area contributed by atoms with Crippen molar-refractivity contribution in [1.82, 2.24) is 19.9 Å². The SMILES string of the molecule is Cc1nc2c(ccc3c4ccc(-c5ccc6c(ccc7[nH]c(C(C)C)nc76)c5)cc4sc32)[nH]1. The molecular weight excluding hydrogens is 424 g/mol. The molecule has 0 unspecified atom stereocenters. The number of aryl methyl sites for hydroxylation is 1. The average molecular weight is 447 g/mol. The lowest BCUT2D eigenvalue weighted by Crippen LogP contribution is -1.88. The van der Waals surface area contributed by atoms with E-state index in [0.29, 0.717) is 5.92 Å². The number of aromatic amines is 2. The number of rotatable bonds is 2. The summed E-state index contributed by atoms with van der Waals surface area (Å²) in [6, 6.07) is 22.2. The van der Waals surface area contributed by atoms with Crippen molar-refractivity contribution >= 4 is 64.3 Å². The zero-order chi connectivity index (χ0) is 22.3. The maximum Gasteiger partial charge on any atom is 0.109 e. The maximum absolute atomic E-state index is 4.87. The second kappa shape index (κ2) is 6.65. The Morgan fingerprint density at radius 3 is 2.30 bits per heavy atom. The van der Waals surface area contributed by atoms with E-state index < -0.39 is 0 Å². The van der Waals surface area contributed by atoms with Gasteiger partial charge in [-0.2, -0.15) is 0 Å². The molecule has 0 spiro atoms. The number of nitrogens with one attached hydrogen (secondary N) is 2. The zero-order valence-corrected chi connectivity index (χ0v) is 19.5. The molecule has 4 aromatic carbocycles. The van der Waals surface area contributed by atoms with Crippen LogP contribution in [0.25, 0.3) is 64.1 Å². The van der Waals surface area contributed by atoms with E-state index in [1.807, 2.05) is 18.3 Å². The molecule has 0 aliphatic rings. The molecule has 0 radical (unpaired) electrons. The van der Waals surface area contributed by atoms with E-state index in [4.69, 9.17) is 9.97 Å². The molecule has 0 aliphatic carbocycles. The molecule has 160 valence electrons. The number of H-pyrrole nitrogens is 2. The van der Waals surface area contributed by atoms with Gasteiger partial charge in [0.15, 0.2) is 0 Å². The number of thiophene rings is 1. The molecule has 2 N–H and O–H groups in total. The molecule has 4 nitrogen and oxygen atoms in total. The summed E-state index contributed by atoms with van der Waals surface area (Å²) in [5.74, 6) is 2.38. The summed E-state index contributed by atoms with van der Waals surface area (Å²) in [5.41, 5.74) is 6.79. The largest absolute Gasteiger partial charge is 0.342 e. The molecule has 0 atom stereocenters. The average Bonchev–Trinajstić information content (AvgIpc) is 3.51. The van der Waals surface area contributed by atoms with Crippen molar-refractivity contribution in [2.45, 2.75) is 26.7 Å². The molecule has 7 aromatic rings. The van der Waals surface area contributed by atoms with E-state index in [2.05, 4.69) is 84.5 Å². The first-order valence-corrected chi connectivity index (χ1v) is 12.1. The quantitative estimate of drug-likeness (QED) is 0.282. The molecule has 0 saturated heterocycles. The molecule has 0 amide bonds. The fourth-order valence-electron chi connectivity index (χ4n) is 4.88. The van der Waals surface area contributed by atoms with Crippen LogP contribution in [0.2, 0.25) is 0 Å². The van der Waals surface area contributed by atoms with Gasteiger partial charge in [0.1, 0.15) is 17.2 Å². The van der Waals surface area contributed by atoms with Crippen LogP contribution in [-0.4, -0.2) is 19.9 Å². The predicted molar refractivity (Wildman–Crippen MR) is 140 cm³/mol. The van der Waals surface area contributed by atoms with Crippen LogP contribution in [0.1, 0.15) is 31.4 Å². The normalized spacial score (nSPS) is 12.4. The highest BCUT2D eigenvalue weighted by atomic mass is 32.1. The number of hydrogen-bond donors (Lipinski definition) is 2. The van der Waals surface area contributed by atoms with E-state index in [-0.39, 0.29) is 0 Å². The predicted octanol–water partition coefficient (Wildman–Crippen LogP) is 8.06. The second-order valence-electron chi connectivity index (χ2n) is 9.15. The minimum absolute atomic E-state index is 0.381. The highest BCUT2D eigenvalue weighted by Gasteiger charge is 2.13. The lowest BCUT2D eigenvalue weighted by Gasteiger charge is -2.05. The fraction of sp³-hybridized carbons (Fsp3) is 0.143. The minimum atomic E-state index is 0.381. The van der Waals surface area contributed by atoms with Crippen molar-refractivity contribution in [2.75, 3.05) is 0 Å². The number of aromatic nitrogens is 4. The van der Waals surface area contributed by atoms with Crippen LogP contribution < -0.4 is 0 Å². The lowest BCUT2D eigenvalue weighted by molar-refractivity contribution is 0.799. The van der Waals surface area contributed by atoms with E-state index in [1.165, 1.54) is 42.1 Å². The van der Waals surface area contributed by atoms with Gasteiger partial charge in [-0.15, -0.1) is 11.3 Å². The van der Waals surface area contributed by atoms with Gasteiger partial charge in [-0.05, 0) is 47.7 Å². The van der Waals surface area contributed by atoms with Crippen molar-refractivity contribution in [3.63, 3.8) is 0 Å². The Labute approximate surface area is 194 Å². The van der Waals surface area contributed by atoms with Gasteiger partial charge in [0, 0.05) is 26.8 Å². The molecule has 3 heterocycles. The summed E-state index contributed by atoms with van der Waals surface area (Å²) in [6.45, 7) is 6.35. The van der Waals surface area contributed by atoms with Crippen LogP contribution in [0.3, 0.4) is 0 Å². The van der Waals surface area contributed by atoms with Crippen LogP contribution in [0, 0.1) is 6.92 Å². The number of hydrogen-bond acceptors (Lipinski definition) is 3. The van der Waals surface area contributed by atoms with E-state index in [9.17, 15) is 0 Å². The third-order valence-corrected chi connectivity index (χ3v) is 7.75. The Kier molecular flexibility index (Phi) is 3.80. The standard InChI is InChI=1S/C28H22N4S/c1-14(2)28-31-22-10-6-18-12-16(4-7-19(18)25(22)32-28)17-5-8-20-21-9-11-23-26(30-15(3)29-23)27(21)33-24(20)13-17/h4-14H,1-3H3,(H,29,30)(H,31,32). The highest BCUT2D eigenvalue weighted by Crippen LogP contribution is 2.40. The first kappa shape index (κ1) is 18.8. The Balaban J connectivity index is 1.39. The van der Waals surface area contributed by atoms with Gasteiger partial charge in [0.05, 0.1) is 21.3 Å². The van der Waals surface area contributed by atoms with Gasteiger partial charge in [-0.1, -0.05) is 50.2 Å². The molecule has 33 heavy (non-hydrogen) atoms. The first-order chi connectivity index (χ1) is 16.0. The second-order valence-corrected chi connectivity index (χ2v) is 10.2. The van der Waals surface area contributed by atoms with Crippen LogP contribution >= 0.6 is 11.3 Å². The number of fused-ring (bicyclic) bond motifs is 8. The minimum Gasteiger partial charge on any atom is -0.342 e. The van der Waals surface area contributed by atoms with Gasteiger partial charge in [0.25, 0.3) is 0 Å². The Hall–Kier alpha value is -3.70. The third kappa shape index (κ3) is 2.75. The topological polar surface area (TPSA) is 57.4 Å². The Morgan fingerprint density at radius 1 is 0.727 bits per heavy atom. The van der Waals surface area contributed by atoms with Crippen LogP contribution in [0.5, 0.6) is 0 Å². The molecule has 0 bridgehead atoms. The van der Waals surface area contributed by atoms with Gasteiger partial charge in [-0.3, -0.25) is 0 Å². The Bertz CT molecular complexity index is 1870.